The molecule has 0 aromatic heterocycles. The Hall–Kier alpha value is -2.82. The Morgan fingerprint density at radius 3 is 2.35 bits per heavy atom. The number of para-hydroxylation sites is 1. The SMILES string of the molecule is CC(NC(=O)N1C(=O)CC1Oc1ccccc1)c1ccccc1. The normalized spacial score (nSPS) is 18.0. The second-order valence-corrected chi connectivity index (χ2v) is 5.44. The molecule has 0 radical (unpaired) electrons. The molecule has 1 aliphatic rings. The molecule has 23 heavy (non-hydrogen) atoms. The van der Waals surface area contributed by atoms with Gasteiger partial charge in [-0.2, -0.15) is 0 Å². The minimum atomic E-state index is -0.548. The third-order valence-corrected chi connectivity index (χ3v) is 3.78. The lowest BCUT2D eigenvalue weighted by Crippen LogP contribution is -2.61. The van der Waals surface area contributed by atoms with E-state index in [0.717, 1.165) is 10.5 Å². The number of urea groups is 1. The second kappa shape index (κ2) is 6.52. The number of nitrogens with one attached hydrogen (secondary N) is 1. The van der Waals surface area contributed by atoms with Crippen LogP contribution in [0.2, 0.25) is 0 Å². The number of hydrogen-bond acceptors (Lipinski definition) is 3. The Kier molecular flexibility index (Phi) is 4.28. The van der Waals surface area contributed by atoms with Gasteiger partial charge in [0.15, 0.2) is 6.23 Å². The van der Waals surface area contributed by atoms with Gasteiger partial charge in [-0.1, -0.05) is 48.5 Å². The first kappa shape index (κ1) is 15.1. The fraction of sp³-hybridized carbons (Fsp3) is 0.222. The van der Waals surface area contributed by atoms with Gasteiger partial charge < -0.3 is 10.1 Å². The van der Waals surface area contributed by atoms with Gasteiger partial charge in [-0.15, -0.1) is 0 Å². The molecule has 0 bridgehead atoms. The van der Waals surface area contributed by atoms with Crippen molar-refractivity contribution < 1.29 is 14.3 Å². The molecule has 1 aliphatic heterocycles. The molecule has 3 amide bonds. The largest absolute Gasteiger partial charge is 0.469 e. The van der Waals surface area contributed by atoms with Crippen LogP contribution in [0.1, 0.15) is 24.9 Å². The summed E-state index contributed by atoms with van der Waals surface area (Å²) in [5.41, 5.74) is 0.981. The van der Waals surface area contributed by atoms with E-state index < -0.39 is 12.3 Å². The number of carbonyl (C=O) groups excluding carboxylic acids is 2. The smallest absolute Gasteiger partial charge is 0.327 e. The summed E-state index contributed by atoms with van der Waals surface area (Å²) in [7, 11) is 0. The molecule has 3 rings (SSSR count). The first-order valence-electron chi connectivity index (χ1n) is 7.54. The van der Waals surface area contributed by atoms with Gasteiger partial charge >= 0.3 is 6.03 Å². The number of imide groups is 1. The fourth-order valence-corrected chi connectivity index (χ4v) is 2.46. The van der Waals surface area contributed by atoms with Crippen molar-refractivity contribution in [2.75, 3.05) is 0 Å². The summed E-state index contributed by atoms with van der Waals surface area (Å²) >= 11 is 0. The van der Waals surface area contributed by atoms with Crippen molar-refractivity contribution in [2.24, 2.45) is 0 Å². The third-order valence-electron chi connectivity index (χ3n) is 3.78. The highest BCUT2D eigenvalue weighted by molar-refractivity contribution is 5.99. The minimum Gasteiger partial charge on any atom is -0.469 e. The van der Waals surface area contributed by atoms with E-state index in [9.17, 15) is 9.59 Å². The van der Waals surface area contributed by atoms with Gasteiger partial charge in [0.25, 0.3) is 0 Å². The van der Waals surface area contributed by atoms with Crippen molar-refractivity contribution in [3.8, 4) is 5.75 Å². The molecule has 5 nitrogen and oxygen atoms in total. The van der Waals surface area contributed by atoms with Gasteiger partial charge in [-0.05, 0) is 24.6 Å². The van der Waals surface area contributed by atoms with E-state index in [-0.39, 0.29) is 18.4 Å². The summed E-state index contributed by atoms with van der Waals surface area (Å²) in [6.07, 6.45) is -0.338. The third kappa shape index (κ3) is 3.34. The van der Waals surface area contributed by atoms with Gasteiger partial charge in [-0.25, -0.2) is 9.69 Å². The zero-order valence-corrected chi connectivity index (χ0v) is 12.8. The zero-order valence-electron chi connectivity index (χ0n) is 12.8. The van der Waals surface area contributed by atoms with Gasteiger partial charge in [-0.3, -0.25) is 4.79 Å². The zero-order chi connectivity index (χ0) is 16.2. The van der Waals surface area contributed by atoms with Gasteiger partial charge in [0.1, 0.15) is 5.75 Å². The quantitative estimate of drug-likeness (QED) is 0.883. The molecule has 0 spiro atoms. The van der Waals surface area contributed by atoms with E-state index in [1.54, 1.807) is 12.1 Å². The summed E-state index contributed by atoms with van der Waals surface area (Å²) in [6, 6.07) is 18.1. The monoisotopic (exact) mass is 310 g/mol. The second-order valence-electron chi connectivity index (χ2n) is 5.44. The number of ether oxygens (including phenoxy) is 1. The minimum absolute atomic E-state index is 0.186. The maximum Gasteiger partial charge on any atom is 0.327 e. The van der Waals surface area contributed by atoms with Crippen LogP contribution >= 0.6 is 0 Å². The predicted molar refractivity (Wildman–Crippen MR) is 85.7 cm³/mol. The number of hydrogen-bond donors (Lipinski definition) is 1. The fourth-order valence-electron chi connectivity index (χ4n) is 2.46. The van der Waals surface area contributed by atoms with E-state index in [1.807, 2.05) is 55.5 Å². The van der Waals surface area contributed by atoms with Crippen LogP contribution in [0.4, 0.5) is 4.79 Å². The standard InChI is InChI=1S/C18H18N2O3/c1-13(14-8-4-2-5-9-14)19-18(22)20-16(21)12-17(20)23-15-10-6-3-7-11-15/h2-11,13,17H,12H2,1H3,(H,19,22). The van der Waals surface area contributed by atoms with Crippen molar-refractivity contribution in [1.29, 1.82) is 0 Å². The molecule has 1 heterocycles. The first-order chi connectivity index (χ1) is 11.1. The number of carbonyl (C=O) groups is 2. The molecule has 1 saturated heterocycles. The Morgan fingerprint density at radius 2 is 1.74 bits per heavy atom. The van der Waals surface area contributed by atoms with Gasteiger partial charge in [0.2, 0.25) is 5.91 Å². The van der Waals surface area contributed by atoms with Crippen molar-refractivity contribution >= 4 is 11.9 Å². The van der Waals surface area contributed by atoms with E-state index in [1.165, 1.54) is 0 Å². The number of rotatable bonds is 4. The van der Waals surface area contributed by atoms with Crippen molar-refractivity contribution in [1.82, 2.24) is 10.2 Å². The van der Waals surface area contributed by atoms with Crippen LogP contribution in [0.3, 0.4) is 0 Å². The number of benzene rings is 2. The number of β-lactam (4-membered cyclic amide) rings is 1. The van der Waals surface area contributed by atoms with Crippen LogP contribution in [0.5, 0.6) is 5.75 Å². The van der Waals surface area contributed by atoms with Crippen LogP contribution in [-0.4, -0.2) is 23.1 Å². The number of nitrogens with zero attached hydrogens (tertiary/aromatic N) is 1. The van der Waals surface area contributed by atoms with Crippen LogP contribution in [0, 0.1) is 0 Å². The topological polar surface area (TPSA) is 58.6 Å². The molecule has 0 saturated carbocycles. The van der Waals surface area contributed by atoms with Crippen molar-refractivity contribution in [2.45, 2.75) is 25.6 Å². The molecular formula is C18H18N2O3. The van der Waals surface area contributed by atoms with Crippen LogP contribution in [-0.2, 0) is 4.79 Å². The molecular weight excluding hydrogens is 292 g/mol. The lowest BCUT2D eigenvalue weighted by molar-refractivity contribution is -0.152. The van der Waals surface area contributed by atoms with Gasteiger partial charge in [0, 0.05) is 0 Å². The average molecular weight is 310 g/mol. The summed E-state index contributed by atoms with van der Waals surface area (Å²) in [6.45, 7) is 1.88. The molecule has 0 aliphatic carbocycles. The molecule has 2 aromatic carbocycles. The number of amides is 3. The molecule has 2 unspecified atom stereocenters. The van der Waals surface area contributed by atoms with Crippen LogP contribution in [0.15, 0.2) is 60.7 Å². The summed E-state index contributed by atoms with van der Waals surface area (Å²) in [5.74, 6) is 0.405. The average Bonchev–Trinajstić information content (AvgIpc) is 2.55. The molecule has 2 atom stereocenters. The van der Waals surface area contributed by atoms with E-state index in [2.05, 4.69) is 5.32 Å². The molecule has 1 fully saturated rings. The Bertz CT molecular complexity index is 688. The Labute approximate surface area is 134 Å². The van der Waals surface area contributed by atoms with E-state index in [0.29, 0.717) is 5.75 Å². The number of likely N-dealkylation sites (tertiary alicyclic amines) is 1. The highest BCUT2D eigenvalue weighted by atomic mass is 16.5. The highest BCUT2D eigenvalue weighted by Gasteiger charge is 2.43. The lowest BCUT2D eigenvalue weighted by Gasteiger charge is -2.38. The maximum atomic E-state index is 12.3. The van der Waals surface area contributed by atoms with Crippen molar-refractivity contribution in [3.63, 3.8) is 0 Å². The maximum absolute atomic E-state index is 12.3. The first-order valence-corrected chi connectivity index (χ1v) is 7.54. The van der Waals surface area contributed by atoms with Gasteiger partial charge in [0.05, 0.1) is 12.5 Å². The van der Waals surface area contributed by atoms with E-state index >= 15 is 0 Å². The lowest BCUT2D eigenvalue weighted by atomic mass is 10.1. The van der Waals surface area contributed by atoms with E-state index in [4.69, 9.17) is 4.74 Å². The van der Waals surface area contributed by atoms with Crippen LogP contribution < -0.4 is 10.1 Å². The molecule has 5 heteroatoms. The molecule has 118 valence electrons. The van der Waals surface area contributed by atoms with Crippen molar-refractivity contribution in [3.05, 3.63) is 66.2 Å². The summed E-state index contributed by atoms with van der Waals surface area (Å²) in [4.78, 5) is 25.2. The highest BCUT2D eigenvalue weighted by Crippen LogP contribution is 2.24. The Balaban J connectivity index is 1.62. The summed E-state index contributed by atoms with van der Waals surface area (Å²) in [5, 5.41) is 2.83. The van der Waals surface area contributed by atoms with Crippen LogP contribution in [0.25, 0.3) is 0 Å². The Morgan fingerprint density at radius 1 is 1.13 bits per heavy atom. The predicted octanol–water partition coefficient (Wildman–Crippen LogP) is 3.09. The molecule has 2 aromatic rings. The molecule has 1 N–H and O–H groups in total. The summed E-state index contributed by atoms with van der Waals surface area (Å²) < 4.78 is 5.69.